The zero-order valence-corrected chi connectivity index (χ0v) is 15.3. The molecule has 0 atom stereocenters. The van der Waals surface area contributed by atoms with Crippen LogP contribution in [-0.2, 0) is 18.0 Å². The van der Waals surface area contributed by atoms with Crippen LogP contribution in [0.25, 0.3) is 11.4 Å². The standard InChI is InChI=1S/C18H16F3N7O/c1-26-10-13(9-23-26)28-6-5-27(11-16(28)29)15-7-14(18(19,20)21)24-17(25-15)12-3-2-4-22-8-12/h2-4,7-10H,5-6,11H2,1H3. The van der Waals surface area contributed by atoms with Crippen molar-refractivity contribution in [1.82, 2.24) is 24.7 Å². The lowest BCUT2D eigenvalue weighted by atomic mass is 10.2. The van der Waals surface area contributed by atoms with Crippen LogP contribution in [0.2, 0.25) is 0 Å². The number of piperazine rings is 1. The van der Waals surface area contributed by atoms with Gasteiger partial charge in [-0.2, -0.15) is 18.3 Å². The summed E-state index contributed by atoms with van der Waals surface area (Å²) >= 11 is 0. The van der Waals surface area contributed by atoms with E-state index >= 15 is 0 Å². The first kappa shape index (κ1) is 18.8. The van der Waals surface area contributed by atoms with Gasteiger partial charge in [0.1, 0.15) is 5.82 Å². The first-order valence-electron chi connectivity index (χ1n) is 8.72. The van der Waals surface area contributed by atoms with E-state index in [1.54, 1.807) is 41.2 Å². The first-order valence-corrected chi connectivity index (χ1v) is 8.72. The predicted molar refractivity (Wildman–Crippen MR) is 98.0 cm³/mol. The van der Waals surface area contributed by atoms with E-state index in [-0.39, 0.29) is 24.1 Å². The molecule has 0 aromatic carbocycles. The van der Waals surface area contributed by atoms with Gasteiger partial charge in [0.2, 0.25) is 5.91 Å². The zero-order chi connectivity index (χ0) is 20.6. The van der Waals surface area contributed by atoms with Gasteiger partial charge >= 0.3 is 6.18 Å². The van der Waals surface area contributed by atoms with E-state index < -0.39 is 11.9 Å². The summed E-state index contributed by atoms with van der Waals surface area (Å²) in [5.41, 5.74) is -0.0597. The largest absolute Gasteiger partial charge is 0.433 e. The lowest BCUT2D eigenvalue weighted by molar-refractivity contribution is -0.141. The van der Waals surface area contributed by atoms with Gasteiger partial charge in [0.15, 0.2) is 11.5 Å². The number of aromatic nitrogens is 5. The third kappa shape index (κ3) is 3.89. The second-order valence-corrected chi connectivity index (χ2v) is 6.51. The maximum atomic E-state index is 13.4. The Balaban J connectivity index is 1.65. The molecule has 150 valence electrons. The molecule has 1 aliphatic rings. The number of nitrogens with zero attached hydrogens (tertiary/aromatic N) is 7. The van der Waals surface area contributed by atoms with Crippen molar-refractivity contribution >= 4 is 17.4 Å². The molecule has 0 saturated carbocycles. The van der Waals surface area contributed by atoms with Gasteiger partial charge in [-0.1, -0.05) is 0 Å². The molecular formula is C18H16F3N7O. The molecule has 1 saturated heterocycles. The number of anilines is 2. The normalized spacial score (nSPS) is 15.1. The number of rotatable bonds is 3. The van der Waals surface area contributed by atoms with Crippen molar-refractivity contribution in [3.05, 3.63) is 48.7 Å². The molecule has 11 heteroatoms. The molecule has 0 radical (unpaired) electrons. The average molecular weight is 403 g/mol. The van der Waals surface area contributed by atoms with Crippen LogP contribution in [0.1, 0.15) is 5.69 Å². The van der Waals surface area contributed by atoms with Crippen LogP contribution in [0.5, 0.6) is 0 Å². The van der Waals surface area contributed by atoms with Crippen molar-refractivity contribution in [2.45, 2.75) is 6.18 Å². The lowest BCUT2D eigenvalue weighted by Gasteiger charge is -2.34. The van der Waals surface area contributed by atoms with Gasteiger partial charge in [-0.15, -0.1) is 0 Å². The van der Waals surface area contributed by atoms with E-state index in [1.165, 1.54) is 17.3 Å². The average Bonchev–Trinajstić information content (AvgIpc) is 3.13. The third-order valence-corrected chi connectivity index (χ3v) is 4.47. The third-order valence-electron chi connectivity index (χ3n) is 4.47. The summed E-state index contributed by atoms with van der Waals surface area (Å²) in [7, 11) is 1.74. The smallest absolute Gasteiger partial charge is 0.345 e. The van der Waals surface area contributed by atoms with E-state index in [0.717, 1.165) is 6.07 Å². The molecule has 4 heterocycles. The highest BCUT2D eigenvalue weighted by molar-refractivity contribution is 5.97. The van der Waals surface area contributed by atoms with Crippen LogP contribution < -0.4 is 9.80 Å². The fourth-order valence-corrected chi connectivity index (χ4v) is 3.06. The van der Waals surface area contributed by atoms with Crippen LogP contribution in [0.4, 0.5) is 24.7 Å². The Bertz CT molecular complexity index is 1040. The van der Waals surface area contributed by atoms with E-state index in [0.29, 0.717) is 24.3 Å². The first-order chi connectivity index (χ1) is 13.8. The maximum Gasteiger partial charge on any atom is 0.433 e. The number of hydrogen-bond acceptors (Lipinski definition) is 6. The molecular weight excluding hydrogens is 387 g/mol. The molecule has 0 N–H and O–H groups in total. The fraction of sp³-hybridized carbons (Fsp3) is 0.278. The van der Waals surface area contributed by atoms with Crippen LogP contribution in [0, 0.1) is 0 Å². The summed E-state index contributed by atoms with van der Waals surface area (Å²) in [6.07, 6.45) is 1.54. The van der Waals surface area contributed by atoms with Gasteiger partial charge in [0, 0.05) is 50.4 Å². The number of carbonyl (C=O) groups is 1. The topological polar surface area (TPSA) is 80.0 Å². The summed E-state index contributed by atoms with van der Waals surface area (Å²) in [5.74, 6) is -0.297. The predicted octanol–water partition coefficient (Wildman–Crippen LogP) is 2.14. The number of amides is 1. The second kappa shape index (κ2) is 7.15. The second-order valence-electron chi connectivity index (χ2n) is 6.51. The number of aryl methyl sites for hydroxylation is 1. The number of alkyl halides is 3. The minimum Gasteiger partial charge on any atom is -0.345 e. The monoisotopic (exact) mass is 403 g/mol. The molecule has 8 nitrogen and oxygen atoms in total. The van der Waals surface area contributed by atoms with Gasteiger partial charge in [0.25, 0.3) is 0 Å². The molecule has 1 fully saturated rings. The molecule has 29 heavy (non-hydrogen) atoms. The SMILES string of the molecule is Cn1cc(N2CCN(c3cc(C(F)(F)F)nc(-c4cccnc4)n3)CC2=O)cn1. The fourth-order valence-electron chi connectivity index (χ4n) is 3.06. The summed E-state index contributed by atoms with van der Waals surface area (Å²) in [5, 5.41) is 4.04. The highest BCUT2D eigenvalue weighted by Gasteiger charge is 2.35. The van der Waals surface area contributed by atoms with E-state index in [4.69, 9.17) is 0 Å². The summed E-state index contributed by atoms with van der Waals surface area (Å²) in [4.78, 5) is 27.5. The minimum absolute atomic E-state index is 0.0466. The summed E-state index contributed by atoms with van der Waals surface area (Å²) in [6.45, 7) is 0.523. The quantitative estimate of drug-likeness (QED) is 0.667. The Hall–Kier alpha value is -3.50. The van der Waals surface area contributed by atoms with Crippen LogP contribution in [0.3, 0.4) is 0 Å². The molecule has 1 aliphatic heterocycles. The molecule has 1 amide bonds. The van der Waals surface area contributed by atoms with Crippen molar-refractivity contribution in [3.8, 4) is 11.4 Å². The Morgan fingerprint density at radius 2 is 1.97 bits per heavy atom. The van der Waals surface area contributed by atoms with Crippen molar-refractivity contribution in [3.63, 3.8) is 0 Å². The Labute approximate surface area is 163 Å². The highest BCUT2D eigenvalue weighted by atomic mass is 19.4. The van der Waals surface area contributed by atoms with Crippen LogP contribution >= 0.6 is 0 Å². The molecule has 4 rings (SSSR count). The van der Waals surface area contributed by atoms with Crippen LogP contribution in [-0.4, -0.2) is 50.3 Å². The van der Waals surface area contributed by atoms with E-state index in [2.05, 4.69) is 20.1 Å². The number of carbonyl (C=O) groups excluding carboxylic acids is 1. The van der Waals surface area contributed by atoms with Gasteiger partial charge in [-0.3, -0.25) is 14.5 Å². The molecule has 0 spiro atoms. The lowest BCUT2D eigenvalue weighted by Crippen LogP contribution is -2.51. The Kier molecular flexibility index (Phi) is 4.65. The Morgan fingerprint density at radius 3 is 2.59 bits per heavy atom. The molecule has 0 unspecified atom stereocenters. The van der Waals surface area contributed by atoms with Crippen molar-refractivity contribution in [2.24, 2.45) is 7.05 Å². The van der Waals surface area contributed by atoms with Gasteiger partial charge in [-0.05, 0) is 12.1 Å². The summed E-state index contributed by atoms with van der Waals surface area (Å²) < 4.78 is 41.7. The van der Waals surface area contributed by atoms with Gasteiger partial charge in [-0.25, -0.2) is 9.97 Å². The zero-order valence-electron chi connectivity index (χ0n) is 15.3. The van der Waals surface area contributed by atoms with Crippen LogP contribution in [0.15, 0.2) is 43.0 Å². The van der Waals surface area contributed by atoms with E-state index in [9.17, 15) is 18.0 Å². The summed E-state index contributed by atoms with van der Waals surface area (Å²) in [6, 6.07) is 4.04. The number of pyridine rings is 1. The minimum atomic E-state index is -4.64. The number of hydrogen-bond donors (Lipinski definition) is 0. The van der Waals surface area contributed by atoms with Crippen molar-refractivity contribution in [2.75, 3.05) is 29.4 Å². The van der Waals surface area contributed by atoms with Crippen molar-refractivity contribution in [1.29, 1.82) is 0 Å². The van der Waals surface area contributed by atoms with E-state index in [1.807, 2.05) is 0 Å². The van der Waals surface area contributed by atoms with Crippen molar-refractivity contribution < 1.29 is 18.0 Å². The highest BCUT2D eigenvalue weighted by Crippen LogP contribution is 2.32. The molecule has 3 aromatic heterocycles. The Morgan fingerprint density at radius 1 is 1.14 bits per heavy atom. The maximum absolute atomic E-state index is 13.4. The molecule has 3 aromatic rings. The molecule has 0 aliphatic carbocycles. The van der Waals surface area contributed by atoms with Gasteiger partial charge in [0.05, 0.1) is 18.4 Å². The number of halogens is 3. The molecule has 0 bridgehead atoms. The van der Waals surface area contributed by atoms with Gasteiger partial charge < -0.3 is 9.80 Å².